The highest BCUT2D eigenvalue weighted by molar-refractivity contribution is 7.07. The number of hydrogen-bond donors (Lipinski definition) is 1. The van der Waals surface area contributed by atoms with Gasteiger partial charge in [-0.25, -0.2) is 0 Å². The van der Waals surface area contributed by atoms with E-state index < -0.39 is 0 Å². The zero-order valence-electron chi connectivity index (χ0n) is 14.2. The maximum absolute atomic E-state index is 12.6. The van der Waals surface area contributed by atoms with Gasteiger partial charge in [0.05, 0.1) is 19.3 Å². The third-order valence-electron chi connectivity index (χ3n) is 4.51. The Balaban J connectivity index is 1.71. The highest BCUT2D eigenvalue weighted by atomic mass is 32.1. The Morgan fingerprint density at radius 3 is 2.79 bits per heavy atom. The van der Waals surface area contributed by atoms with E-state index in [1.54, 1.807) is 11.3 Å². The van der Waals surface area contributed by atoms with Gasteiger partial charge in [-0.15, -0.1) is 0 Å². The van der Waals surface area contributed by atoms with Crippen LogP contribution in [-0.4, -0.2) is 43.7 Å². The lowest BCUT2D eigenvalue weighted by molar-refractivity contribution is 0.0163. The van der Waals surface area contributed by atoms with E-state index in [0.29, 0.717) is 6.54 Å². The van der Waals surface area contributed by atoms with Crippen molar-refractivity contribution < 1.29 is 9.53 Å². The Morgan fingerprint density at radius 2 is 2.08 bits per heavy atom. The first-order chi connectivity index (χ1) is 11.6. The maximum atomic E-state index is 12.6. The number of ether oxygens (including phenoxy) is 1. The first-order valence-electron chi connectivity index (χ1n) is 8.34. The molecule has 1 saturated heterocycles. The molecule has 0 radical (unpaired) electrons. The van der Waals surface area contributed by atoms with E-state index in [1.807, 2.05) is 32.0 Å². The number of benzene rings is 1. The van der Waals surface area contributed by atoms with E-state index in [4.69, 9.17) is 4.74 Å². The molecule has 0 bridgehead atoms. The molecule has 1 fully saturated rings. The molecule has 24 heavy (non-hydrogen) atoms. The smallest absolute Gasteiger partial charge is 0.251 e. The minimum absolute atomic E-state index is 0.00434. The molecular weight excluding hydrogens is 320 g/mol. The van der Waals surface area contributed by atoms with Gasteiger partial charge in [0.25, 0.3) is 5.91 Å². The van der Waals surface area contributed by atoms with Crippen molar-refractivity contribution in [2.45, 2.75) is 19.9 Å². The van der Waals surface area contributed by atoms with Gasteiger partial charge in [-0.3, -0.25) is 9.69 Å². The fourth-order valence-corrected chi connectivity index (χ4v) is 3.78. The Hall–Kier alpha value is -1.69. The van der Waals surface area contributed by atoms with Crippen molar-refractivity contribution in [3.05, 3.63) is 57.3 Å². The third kappa shape index (κ3) is 4.04. The van der Waals surface area contributed by atoms with Crippen molar-refractivity contribution in [2.24, 2.45) is 0 Å². The van der Waals surface area contributed by atoms with Crippen LogP contribution in [0.25, 0.3) is 0 Å². The van der Waals surface area contributed by atoms with Crippen LogP contribution in [0, 0.1) is 13.8 Å². The second kappa shape index (κ2) is 7.92. The second-order valence-electron chi connectivity index (χ2n) is 6.25. The first kappa shape index (κ1) is 17.1. The quantitative estimate of drug-likeness (QED) is 0.906. The molecule has 1 unspecified atom stereocenters. The topological polar surface area (TPSA) is 41.6 Å². The fourth-order valence-electron chi connectivity index (χ4n) is 3.08. The molecule has 1 aliphatic rings. The standard InChI is InChI=1S/C19H24N2O2S/c1-14-3-4-15(2)17(11-14)19(22)20-12-18(16-5-10-24-13-16)21-6-8-23-9-7-21/h3-5,10-11,13,18H,6-9,12H2,1-2H3,(H,20,22). The zero-order chi connectivity index (χ0) is 16.9. The number of rotatable bonds is 5. The van der Waals surface area contributed by atoms with Crippen LogP contribution in [0.5, 0.6) is 0 Å². The Morgan fingerprint density at radius 1 is 1.29 bits per heavy atom. The van der Waals surface area contributed by atoms with Gasteiger partial charge in [-0.1, -0.05) is 17.7 Å². The molecule has 2 heterocycles. The zero-order valence-corrected chi connectivity index (χ0v) is 15.1. The Labute approximate surface area is 147 Å². The number of aryl methyl sites for hydroxylation is 2. The first-order valence-corrected chi connectivity index (χ1v) is 9.29. The van der Waals surface area contributed by atoms with Crippen molar-refractivity contribution in [3.63, 3.8) is 0 Å². The molecule has 4 nitrogen and oxygen atoms in total. The van der Waals surface area contributed by atoms with Crippen molar-refractivity contribution in [2.75, 3.05) is 32.8 Å². The number of carbonyl (C=O) groups excluding carboxylic acids is 1. The van der Waals surface area contributed by atoms with Gasteiger partial charge in [0.2, 0.25) is 0 Å². The van der Waals surface area contributed by atoms with Crippen molar-refractivity contribution in [1.82, 2.24) is 10.2 Å². The number of thiophene rings is 1. The van der Waals surface area contributed by atoms with Crippen molar-refractivity contribution in [1.29, 1.82) is 0 Å². The van der Waals surface area contributed by atoms with Crippen molar-refractivity contribution >= 4 is 17.2 Å². The molecule has 0 saturated carbocycles. The molecule has 1 aromatic heterocycles. The highest BCUT2D eigenvalue weighted by Gasteiger charge is 2.23. The molecule has 2 aromatic rings. The van der Waals surface area contributed by atoms with E-state index in [-0.39, 0.29) is 11.9 Å². The molecule has 0 spiro atoms. The molecule has 1 N–H and O–H groups in total. The number of nitrogens with zero attached hydrogens (tertiary/aromatic N) is 1. The summed E-state index contributed by atoms with van der Waals surface area (Å²) in [6.45, 7) is 7.92. The maximum Gasteiger partial charge on any atom is 0.251 e. The number of carbonyl (C=O) groups is 1. The summed E-state index contributed by atoms with van der Waals surface area (Å²) in [5, 5.41) is 7.40. The minimum Gasteiger partial charge on any atom is -0.379 e. The summed E-state index contributed by atoms with van der Waals surface area (Å²) in [5.41, 5.74) is 4.15. The molecule has 1 aliphatic heterocycles. The number of hydrogen-bond acceptors (Lipinski definition) is 4. The van der Waals surface area contributed by atoms with E-state index in [9.17, 15) is 4.79 Å². The Kier molecular flexibility index (Phi) is 5.66. The molecule has 1 amide bonds. The summed E-state index contributed by atoms with van der Waals surface area (Å²) in [6.07, 6.45) is 0. The number of morpholine rings is 1. The van der Waals surface area contributed by atoms with E-state index >= 15 is 0 Å². The third-order valence-corrected chi connectivity index (χ3v) is 5.21. The highest BCUT2D eigenvalue weighted by Crippen LogP contribution is 2.23. The van der Waals surface area contributed by atoms with Crippen LogP contribution in [0.4, 0.5) is 0 Å². The van der Waals surface area contributed by atoms with Crippen LogP contribution in [0.15, 0.2) is 35.0 Å². The summed E-state index contributed by atoms with van der Waals surface area (Å²) in [7, 11) is 0. The largest absolute Gasteiger partial charge is 0.379 e. The average molecular weight is 344 g/mol. The SMILES string of the molecule is Cc1ccc(C)c(C(=O)NCC(c2ccsc2)N2CCOCC2)c1. The summed E-state index contributed by atoms with van der Waals surface area (Å²) >= 11 is 1.70. The van der Waals surface area contributed by atoms with Gasteiger partial charge >= 0.3 is 0 Å². The lowest BCUT2D eigenvalue weighted by atomic mass is 10.0. The molecule has 1 aromatic carbocycles. The molecule has 5 heteroatoms. The van der Waals surface area contributed by atoms with Gasteiger partial charge in [0, 0.05) is 25.2 Å². The molecule has 128 valence electrons. The van der Waals surface area contributed by atoms with Gasteiger partial charge < -0.3 is 10.1 Å². The lowest BCUT2D eigenvalue weighted by Gasteiger charge is -2.34. The average Bonchev–Trinajstić information content (AvgIpc) is 3.12. The van der Waals surface area contributed by atoms with E-state index in [0.717, 1.165) is 43.0 Å². The molecule has 0 aliphatic carbocycles. The summed E-state index contributed by atoms with van der Waals surface area (Å²) in [4.78, 5) is 15.0. The van der Waals surface area contributed by atoms with E-state index in [1.165, 1.54) is 5.56 Å². The van der Waals surface area contributed by atoms with Crippen LogP contribution in [-0.2, 0) is 4.74 Å². The predicted octanol–water partition coefficient (Wildman–Crippen LogP) is 3.17. The summed E-state index contributed by atoms with van der Waals surface area (Å²) in [6, 6.07) is 8.35. The molecule has 1 atom stereocenters. The molecule has 3 rings (SSSR count). The number of amides is 1. The van der Waals surface area contributed by atoms with E-state index in [2.05, 4.69) is 27.0 Å². The van der Waals surface area contributed by atoms with Crippen LogP contribution in [0.3, 0.4) is 0 Å². The summed E-state index contributed by atoms with van der Waals surface area (Å²) in [5.74, 6) is 0.00434. The van der Waals surface area contributed by atoms with Gasteiger partial charge in [-0.2, -0.15) is 11.3 Å². The fraction of sp³-hybridized carbons (Fsp3) is 0.421. The van der Waals surface area contributed by atoms with Crippen LogP contribution >= 0.6 is 11.3 Å². The monoisotopic (exact) mass is 344 g/mol. The lowest BCUT2D eigenvalue weighted by Crippen LogP contribution is -2.43. The Bertz CT molecular complexity index is 679. The predicted molar refractivity (Wildman–Crippen MR) is 97.7 cm³/mol. The van der Waals surface area contributed by atoms with Crippen LogP contribution < -0.4 is 5.32 Å². The van der Waals surface area contributed by atoms with Gasteiger partial charge in [0.1, 0.15) is 0 Å². The van der Waals surface area contributed by atoms with Gasteiger partial charge in [-0.05, 0) is 47.9 Å². The summed E-state index contributed by atoms with van der Waals surface area (Å²) < 4.78 is 5.46. The van der Waals surface area contributed by atoms with Crippen molar-refractivity contribution in [3.8, 4) is 0 Å². The van der Waals surface area contributed by atoms with Gasteiger partial charge in [0.15, 0.2) is 0 Å². The molecular formula is C19H24N2O2S. The second-order valence-corrected chi connectivity index (χ2v) is 7.03. The normalized spacial score (nSPS) is 16.8. The number of nitrogens with one attached hydrogen (secondary N) is 1. The minimum atomic E-state index is 0.00434. The van der Waals surface area contributed by atoms with Crippen LogP contribution in [0.1, 0.15) is 33.1 Å². The van der Waals surface area contributed by atoms with Crippen LogP contribution in [0.2, 0.25) is 0 Å².